The van der Waals surface area contributed by atoms with Gasteiger partial charge in [-0.15, -0.1) is 0 Å². The van der Waals surface area contributed by atoms with Crippen molar-refractivity contribution < 1.29 is 9.90 Å². The van der Waals surface area contributed by atoms with Crippen LogP contribution in [0.5, 0.6) is 0 Å². The van der Waals surface area contributed by atoms with Gasteiger partial charge in [-0.25, -0.2) is 9.78 Å². The lowest BCUT2D eigenvalue weighted by Gasteiger charge is -2.06. The zero-order valence-corrected chi connectivity index (χ0v) is 9.03. The SMILES string of the molecule is CC(C)(C)C#Cc1ncccc1C(=O)O. The lowest BCUT2D eigenvalue weighted by atomic mass is 9.97. The van der Waals surface area contributed by atoms with Crippen LogP contribution in [-0.2, 0) is 0 Å². The lowest BCUT2D eigenvalue weighted by Crippen LogP contribution is -2.03. The largest absolute Gasteiger partial charge is 0.478 e. The second kappa shape index (κ2) is 4.14. The Balaban J connectivity index is 3.14. The van der Waals surface area contributed by atoms with Crippen molar-refractivity contribution in [3.8, 4) is 11.8 Å². The lowest BCUT2D eigenvalue weighted by molar-refractivity contribution is 0.0696. The Morgan fingerprint density at radius 1 is 1.47 bits per heavy atom. The number of aromatic carboxylic acids is 1. The van der Waals surface area contributed by atoms with Crippen LogP contribution in [0.3, 0.4) is 0 Å². The monoisotopic (exact) mass is 203 g/mol. The fraction of sp³-hybridized carbons (Fsp3) is 0.333. The van der Waals surface area contributed by atoms with Gasteiger partial charge in [0.2, 0.25) is 0 Å². The molecule has 0 aromatic carbocycles. The number of pyridine rings is 1. The number of hydrogen-bond acceptors (Lipinski definition) is 2. The van der Waals surface area contributed by atoms with E-state index in [0.29, 0.717) is 5.69 Å². The van der Waals surface area contributed by atoms with Gasteiger partial charge in [0.15, 0.2) is 0 Å². The molecule has 0 radical (unpaired) electrons. The molecule has 1 heterocycles. The molecular weight excluding hydrogens is 190 g/mol. The molecule has 0 spiro atoms. The summed E-state index contributed by atoms with van der Waals surface area (Å²) in [4.78, 5) is 14.8. The second-order valence-corrected chi connectivity index (χ2v) is 4.20. The maximum Gasteiger partial charge on any atom is 0.338 e. The molecule has 0 saturated heterocycles. The van der Waals surface area contributed by atoms with Crippen molar-refractivity contribution in [2.45, 2.75) is 20.8 Å². The minimum Gasteiger partial charge on any atom is -0.478 e. The fourth-order valence-electron chi connectivity index (χ4n) is 0.924. The van der Waals surface area contributed by atoms with Crippen molar-refractivity contribution in [2.75, 3.05) is 0 Å². The highest BCUT2D eigenvalue weighted by Crippen LogP contribution is 2.11. The zero-order chi connectivity index (χ0) is 11.5. The molecule has 0 aliphatic heterocycles. The van der Waals surface area contributed by atoms with Gasteiger partial charge in [0.1, 0.15) is 5.69 Å². The highest BCUT2D eigenvalue weighted by Gasteiger charge is 2.09. The normalized spacial score (nSPS) is 10.3. The highest BCUT2D eigenvalue weighted by molar-refractivity contribution is 5.89. The van der Waals surface area contributed by atoms with Crippen LogP contribution < -0.4 is 0 Å². The Hall–Kier alpha value is -1.82. The van der Waals surface area contributed by atoms with E-state index < -0.39 is 5.97 Å². The number of carboxylic acid groups (broad SMARTS) is 1. The maximum absolute atomic E-state index is 10.8. The molecule has 1 aromatic rings. The molecular formula is C12H13NO2. The van der Waals surface area contributed by atoms with E-state index in [1.807, 2.05) is 20.8 Å². The number of rotatable bonds is 1. The van der Waals surface area contributed by atoms with Crippen LogP contribution in [0.4, 0.5) is 0 Å². The molecule has 0 aliphatic carbocycles. The molecule has 0 unspecified atom stereocenters. The predicted octanol–water partition coefficient (Wildman–Crippen LogP) is 2.18. The first-order valence-electron chi connectivity index (χ1n) is 4.61. The zero-order valence-electron chi connectivity index (χ0n) is 9.03. The second-order valence-electron chi connectivity index (χ2n) is 4.20. The predicted molar refractivity (Wildman–Crippen MR) is 57.5 cm³/mol. The summed E-state index contributed by atoms with van der Waals surface area (Å²) in [6.07, 6.45) is 1.54. The van der Waals surface area contributed by atoms with Crippen LogP contribution in [0.15, 0.2) is 18.3 Å². The first-order valence-corrected chi connectivity index (χ1v) is 4.61. The molecule has 1 aromatic heterocycles. The third-order valence-corrected chi connectivity index (χ3v) is 1.59. The van der Waals surface area contributed by atoms with Gasteiger partial charge in [-0.3, -0.25) is 0 Å². The highest BCUT2D eigenvalue weighted by atomic mass is 16.4. The summed E-state index contributed by atoms with van der Waals surface area (Å²) in [5, 5.41) is 8.89. The van der Waals surface area contributed by atoms with Crippen LogP contribution in [0, 0.1) is 17.3 Å². The summed E-state index contributed by atoms with van der Waals surface area (Å²) in [6.45, 7) is 5.89. The number of carbonyl (C=O) groups is 1. The van der Waals surface area contributed by atoms with E-state index in [1.54, 1.807) is 12.3 Å². The number of hydrogen-bond donors (Lipinski definition) is 1. The molecule has 0 atom stereocenters. The standard InChI is InChI=1S/C12H13NO2/c1-12(2,3)7-6-10-9(11(14)15)5-4-8-13-10/h4-5,8H,1-3H3,(H,14,15). The first kappa shape index (κ1) is 11.3. The van der Waals surface area contributed by atoms with Crippen molar-refractivity contribution in [3.63, 3.8) is 0 Å². The Labute approximate surface area is 89.2 Å². The quantitative estimate of drug-likeness (QED) is 0.712. The first-order chi connectivity index (χ1) is 6.90. The molecule has 0 fully saturated rings. The van der Waals surface area contributed by atoms with Gasteiger partial charge in [-0.1, -0.05) is 5.92 Å². The van der Waals surface area contributed by atoms with Crippen molar-refractivity contribution in [2.24, 2.45) is 5.41 Å². The molecule has 3 nitrogen and oxygen atoms in total. The van der Waals surface area contributed by atoms with E-state index >= 15 is 0 Å². The van der Waals surface area contributed by atoms with Crippen LogP contribution >= 0.6 is 0 Å². The number of carboxylic acids is 1. The van der Waals surface area contributed by atoms with Crippen LogP contribution in [0.25, 0.3) is 0 Å². The van der Waals surface area contributed by atoms with Crippen molar-refractivity contribution >= 4 is 5.97 Å². The third-order valence-electron chi connectivity index (χ3n) is 1.59. The fourth-order valence-corrected chi connectivity index (χ4v) is 0.924. The van der Waals surface area contributed by atoms with Gasteiger partial charge in [-0.05, 0) is 38.8 Å². The average Bonchev–Trinajstić information content (AvgIpc) is 2.14. The average molecular weight is 203 g/mol. The minimum atomic E-state index is -0.999. The van der Waals surface area contributed by atoms with Crippen molar-refractivity contribution in [3.05, 3.63) is 29.6 Å². The third kappa shape index (κ3) is 3.43. The van der Waals surface area contributed by atoms with E-state index in [4.69, 9.17) is 5.11 Å². The van der Waals surface area contributed by atoms with E-state index in [-0.39, 0.29) is 11.0 Å². The molecule has 0 aliphatic rings. The van der Waals surface area contributed by atoms with Crippen molar-refractivity contribution in [1.29, 1.82) is 0 Å². The summed E-state index contributed by atoms with van der Waals surface area (Å²) in [5.41, 5.74) is 0.307. The maximum atomic E-state index is 10.8. The molecule has 78 valence electrons. The van der Waals surface area contributed by atoms with Crippen molar-refractivity contribution in [1.82, 2.24) is 4.98 Å². The molecule has 0 bridgehead atoms. The molecule has 1 rings (SSSR count). The summed E-state index contributed by atoms with van der Waals surface area (Å²) in [7, 11) is 0. The number of aromatic nitrogens is 1. The summed E-state index contributed by atoms with van der Waals surface area (Å²) in [5.74, 6) is 4.75. The van der Waals surface area contributed by atoms with Crippen LogP contribution in [0.1, 0.15) is 36.8 Å². The van der Waals surface area contributed by atoms with E-state index in [0.717, 1.165) is 0 Å². The van der Waals surface area contributed by atoms with Gasteiger partial charge < -0.3 is 5.11 Å². The minimum absolute atomic E-state index is 0.147. The van der Waals surface area contributed by atoms with Gasteiger partial charge in [-0.2, -0.15) is 0 Å². The van der Waals surface area contributed by atoms with Gasteiger partial charge in [0, 0.05) is 11.6 Å². The summed E-state index contributed by atoms with van der Waals surface area (Å²) >= 11 is 0. The van der Waals surface area contributed by atoms with Gasteiger partial charge in [0.25, 0.3) is 0 Å². The van der Waals surface area contributed by atoms with E-state index in [9.17, 15) is 4.79 Å². The number of nitrogens with zero attached hydrogens (tertiary/aromatic N) is 1. The summed E-state index contributed by atoms with van der Waals surface area (Å²) in [6, 6.07) is 3.09. The van der Waals surface area contributed by atoms with Crippen LogP contribution in [0.2, 0.25) is 0 Å². The van der Waals surface area contributed by atoms with Gasteiger partial charge in [0.05, 0.1) is 5.56 Å². The van der Waals surface area contributed by atoms with Gasteiger partial charge >= 0.3 is 5.97 Å². The Morgan fingerprint density at radius 3 is 2.67 bits per heavy atom. The molecule has 15 heavy (non-hydrogen) atoms. The Kier molecular flexibility index (Phi) is 3.11. The summed E-state index contributed by atoms with van der Waals surface area (Å²) < 4.78 is 0. The Morgan fingerprint density at radius 2 is 2.13 bits per heavy atom. The van der Waals surface area contributed by atoms with E-state index in [1.165, 1.54) is 6.07 Å². The Bertz CT molecular complexity index is 433. The molecule has 3 heteroatoms. The molecule has 0 amide bonds. The van der Waals surface area contributed by atoms with E-state index in [2.05, 4.69) is 16.8 Å². The molecule has 1 N–H and O–H groups in total. The van der Waals surface area contributed by atoms with Crippen LogP contribution in [-0.4, -0.2) is 16.1 Å². The smallest absolute Gasteiger partial charge is 0.338 e. The topological polar surface area (TPSA) is 50.2 Å². The molecule has 0 saturated carbocycles.